The van der Waals surface area contributed by atoms with Gasteiger partial charge in [-0.05, 0) is 55.8 Å². The van der Waals surface area contributed by atoms with Gasteiger partial charge in [0.25, 0.3) is 0 Å². The second-order valence-corrected chi connectivity index (χ2v) is 8.39. The molecule has 0 spiro atoms. The van der Waals surface area contributed by atoms with Gasteiger partial charge in [-0.2, -0.15) is 0 Å². The van der Waals surface area contributed by atoms with E-state index >= 15 is 0 Å². The van der Waals surface area contributed by atoms with E-state index in [1.807, 2.05) is 11.3 Å². The minimum atomic E-state index is 0.492. The molecule has 4 rings (SSSR count). The molecular formula is C18H24N2S. The van der Waals surface area contributed by atoms with Gasteiger partial charge in [0.15, 0.2) is 0 Å². The maximum absolute atomic E-state index is 2.66. The molecule has 1 saturated heterocycles. The fourth-order valence-corrected chi connectivity index (χ4v) is 5.16. The van der Waals surface area contributed by atoms with Gasteiger partial charge in [-0.25, -0.2) is 0 Å². The summed E-state index contributed by atoms with van der Waals surface area (Å²) in [7, 11) is 4.23. The van der Waals surface area contributed by atoms with E-state index in [0.717, 1.165) is 5.92 Å². The van der Waals surface area contributed by atoms with Gasteiger partial charge in [0.05, 0.1) is 0 Å². The molecule has 2 heterocycles. The Morgan fingerprint density at radius 3 is 2.76 bits per heavy atom. The predicted molar refractivity (Wildman–Crippen MR) is 92.6 cm³/mol. The van der Waals surface area contributed by atoms with Crippen molar-refractivity contribution in [3.63, 3.8) is 0 Å². The number of fused-ring (bicyclic) bond motifs is 2. The summed E-state index contributed by atoms with van der Waals surface area (Å²) < 4.78 is 1.44. The molecule has 0 bridgehead atoms. The summed E-state index contributed by atoms with van der Waals surface area (Å²) in [5.41, 5.74) is 1.79. The quantitative estimate of drug-likeness (QED) is 0.847. The van der Waals surface area contributed by atoms with E-state index < -0.39 is 0 Å². The average molecular weight is 300 g/mol. The first kappa shape index (κ1) is 13.6. The summed E-state index contributed by atoms with van der Waals surface area (Å²) in [5.74, 6) is 0.904. The number of nitrogens with zero attached hydrogens (tertiary/aromatic N) is 2. The molecule has 0 radical (unpaired) electrons. The maximum Gasteiger partial charge on any atom is 0.0368 e. The Labute approximate surface area is 131 Å². The van der Waals surface area contributed by atoms with Gasteiger partial charge in [-0.1, -0.05) is 0 Å². The highest BCUT2D eigenvalue weighted by Gasteiger charge is 2.61. The van der Waals surface area contributed by atoms with Crippen LogP contribution in [0.4, 0.5) is 5.69 Å². The van der Waals surface area contributed by atoms with Crippen molar-refractivity contribution in [1.82, 2.24) is 4.90 Å². The van der Waals surface area contributed by atoms with E-state index in [0.29, 0.717) is 11.5 Å². The van der Waals surface area contributed by atoms with Crippen LogP contribution in [0.2, 0.25) is 0 Å². The molecule has 2 atom stereocenters. The molecule has 2 nitrogen and oxygen atoms in total. The third kappa shape index (κ3) is 2.01. The van der Waals surface area contributed by atoms with Crippen molar-refractivity contribution in [1.29, 1.82) is 0 Å². The summed E-state index contributed by atoms with van der Waals surface area (Å²) in [6, 6.07) is 10.0. The van der Waals surface area contributed by atoms with E-state index in [1.165, 1.54) is 35.3 Å². The first-order valence-electron chi connectivity index (χ1n) is 7.95. The Hall–Kier alpha value is -1.06. The smallest absolute Gasteiger partial charge is 0.0368 e. The first-order chi connectivity index (χ1) is 9.99. The highest BCUT2D eigenvalue weighted by molar-refractivity contribution is 7.19. The number of thiophene rings is 1. The average Bonchev–Trinajstić information content (AvgIpc) is 2.85. The first-order valence-corrected chi connectivity index (χ1v) is 8.77. The Bertz CT molecular complexity index is 688. The van der Waals surface area contributed by atoms with Gasteiger partial charge in [0.1, 0.15) is 0 Å². The Balaban J connectivity index is 1.69. The number of hydrogen-bond donors (Lipinski definition) is 0. The van der Waals surface area contributed by atoms with Crippen molar-refractivity contribution in [3.05, 3.63) is 29.1 Å². The molecule has 1 aromatic carbocycles. The normalized spacial score (nSPS) is 28.3. The molecule has 1 aromatic heterocycles. The van der Waals surface area contributed by atoms with Crippen LogP contribution in [0.1, 0.15) is 25.1 Å². The molecule has 112 valence electrons. The zero-order valence-corrected chi connectivity index (χ0v) is 14.2. The van der Waals surface area contributed by atoms with Crippen LogP contribution in [0.15, 0.2) is 24.3 Å². The highest BCUT2D eigenvalue weighted by Crippen LogP contribution is 2.61. The second-order valence-electron chi connectivity index (χ2n) is 7.31. The van der Waals surface area contributed by atoms with Gasteiger partial charge >= 0.3 is 0 Å². The summed E-state index contributed by atoms with van der Waals surface area (Å²) in [6.45, 7) is 7.22. The van der Waals surface area contributed by atoms with Crippen LogP contribution in [0, 0.1) is 5.92 Å². The minimum absolute atomic E-state index is 0.492. The standard InChI is InChI=1S/C18H24N2S/c1-12(2)20-10-14-9-18(14,11-20)17-8-13-7-15(19(3)4)5-6-16(13)21-17/h5-8,12,14H,9-11H2,1-4H3. The molecular weight excluding hydrogens is 276 g/mol. The maximum atomic E-state index is 2.66. The minimum Gasteiger partial charge on any atom is -0.378 e. The van der Waals surface area contributed by atoms with Crippen molar-refractivity contribution < 1.29 is 0 Å². The summed E-state index contributed by atoms with van der Waals surface area (Å²) in [4.78, 5) is 6.47. The molecule has 2 aromatic rings. The molecule has 1 saturated carbocycles. The largest absolute Gasteiger partial charge is 0.378 e. The lowest BCUT2D eigenvalue weighted by Crippen LogP contribution is -2.32. The molecule has 1 aliphatic carbocycles. The number of rotatable bonds is 3. The molecule has 2 aliphatic rings. The fraction of sp³-hybridized carbons (Fsp3) is 0.556. The van der Waals surface area contributed by atoms with Crippen LogP contribution in [0.25, 0.3) is 10.1 Å². The van der Waals surface area contributed by atoms with Gasteiger partial charge < -0.3 is 4.90 Å². The Morgan fingerprint density at radius 1 is 1.29 bits per heavy atom. The van der Waals surface area contributed by atoms with E-state index in [2.05, 4.69) is 62.0 Å². The molecule has 0 amide bonds. The number of hydrogen-bond acceptors (Lipinski definition) is 3. The van der Waals surface area contributed by atoms with Crippen LogP contribution in [0.3, 0.4) is 0 Å². The molecule has 2 fully saturated rings. The third-order valence-electron chi connectivity index (χ3n) is 5.41. The van der Waals surface area contributed by atoms with Crippen molar-refractivity contribution in [2.75, 3.05) is 32.1 Å². The molecule has 0 N–H and O–H groups in total. The topological polar surface area (TPSA) is 6.48 Å². The number of benzene rings is 1. The lowest BCUT2D eigenvalue weighted by Gasteiger charge is -2.24. The van der Waals surface area contributed by atoms with E-state index in [9.17, 15) is 0 Å². The van der Waals surface area contributed by atoms with Crippen molar-refractivity contribution >= 4 is 27.1 Å². The van der Waals surface area contributed by atoms with Crippen LogP contribution in [0.5, 0.6) is 0 Å². The van der Waals surface area contributed by atoms with Crippen LogP contribution in [-0.2, 0) is 5.41 Å². The van der Waals surface area contributed by atoms with Crippen LogP contribution in [-0.4, -0.2) is 38.1 Å². The highest BCUT2D eigenvalue weighted by atomic mass is 32.1. The van der Waals surface area contributed by atoms with Crippen LogP contribution >= 0.6 is 11.3 Å². The predicted octanol–water partition coefficient (Wildman–Crippen LogP) is 3.95. The monoisotopic (exact) mass is 300 g/mol. The fourth-order valence-electron chi connectivity index (χ4n) is 3.85. The van der Waals surface area contributed by atoms with Crippen molar-refractivity contribution in [2.24, 2.45) is 5.92 Å². The van der Waals surface area contributed by atoms with Crippen molar-refractivity contribution in [2.45, 2.75) is 31.7 Å². The summed E-state index contributed by atoms with van der Waals surface area (Å²) in [6.07, 6.45) is 1.41. The molecule has 1 aliphatic heterocycles. The number of piperidine rings is 1. The van der Waals surface area contributed by atoms with Gasteiger partial charge in [0, 0.05) is 53.9 Å². The van der Waals surface area contributed by atoms with E-state index in [-0.39, 0.29) is 0 Å². The van der Waals surface area contributed by atoms with Gasteiger partial charge in [-0.3, -0.25) is 4.90 Å². The SMILES string of the molecule is CC(C)N1CC2CC2(c2cc3cc(N(C)C)ccc3s2)C1. The zero-order chi connectivity index (χ0) is 14.8. The Morgan fingerprint density at radius 2 is 2.10 bits per heavy atom. The second kappa shape index (κ2) is 4.47. The molecule has 3 heteroatoms. The van der Waals surface area contributed by atoms with Crippen LogP contribution < -0.4 is 4.90 Å². The number of likely N-dealkylation sites (tertiary alicyclic amines) is 1. The molecule has 2 unspecified atom stereocenters. The van der Waals surface area contributed by atoms with E-state index in [1.54, 1.807) is 4.88 Å². The van der Waals surface area contributed by atoms with Gasteiger partial charge in [0.2, 0.25) is 0 Å². The van der Waals surface area contributed by atoms with Gasteiger partial charge in [-0.15, -0.1) is 11.3 Å². The summed E-state index contributed by atoms with van der Waals surface area (Å²) >= 11 is 2.02. The zero-order valence-electron chi connectivity index (χ0n) is 13.4. The molecule has 21 heavy (non-hydrogen) atoms. The lowest BCUT2D eigenvalue weighted by atomic mass is 10.0. The van der Waals surface area contributed by atoms with Crippen molar-refractivity contribution in [3.8, 4) is 0 Å². The summed E-state index contributed by atoms with van der Waals surface area (Å²) in [5, 5.41) is 1.42. The third-order valence-corrected chi connectivity index (χ3v) is 6.75. The lowest BCUT2D eigenvalue weighted by molar-refractivity contribution is 0.243. The van der Waals surface area contributed by atoms with E-state index in [4.69, 9.17) is 0 Å². The number of anilines is 1. The Kier molecular flexibility index (Phi) is 2.89.